The second-order valence-electron chi connectivity index (χ2n) is 3.08. The van der Waals surface area contributed by atoms with Gasteiger partial charge in [0.05, 0.1) is 5.56 Å². The van der Waals surface area contributed by atoms with Gasteiger partial charge in [0.15, 0.2) is 5.82 Å². The van der Waals surface area contributed by atoms with Gasteiger partial charge >= 0.3 is 6.18 Å². The Morgan fingerprint density at radius 2 is 2.00 bits per heavy atom. The fraction of sp³-hybridized carbons (Fsp3) is 0.222. The van der Waals surface area contributed by atoms with E-state index in [0.29, 0.717) is 11.4 Å². The lowest BCUT2D eigenvalue weighted by Crippen LogP contribution is -2.07. The monoisotopic (exact) mass is 229 g/mol. The molecule has 2 aromatic heterocycles. The molecule has 0 radical (unpaired) electrons. The third kappa shape index (κ3) is 2.02. The van der Waals surface area contributed by atoms with Crippen LogP contribution in [-0.4, -0.2) is 15.1 Å². The van der Waals surface area contributed by atoms with E-state index in [-0.39, 0.29) is 5.89 Å². The molecule has 0 aromatic carbocycles. The molecule has 0 fully saturated rings. The van der Waals surface area contributed by atoms with E-state index in [9.17, 15) is 13.2 Å². The van der Waals surface area contributed by atoms with Gasteiger partial charge in [0.25, 0.3) is 5.89 Å². The van der Waals surface area contributed by atoms with Gasteiger partial charge < -0.3 is 4.52 Å². The van der Waals surface area contributed by atoms with Crippen molar-refractivity contribution < 1.29 is 17.7 Å². The summed E-state index contributed by atoms with van der Waals surface area (Å²) in [6, 6.07) is 2.11. The summed E-state index contributed by atoms with van der Waals surface area (Å²) in [6.45, 7) is 1.62. The summed E-state index contributed by atoms with van der Waals surface area (Å²) in [5, 5.41) is 3.53. The molecule has 0 N–H and O–H groups in total. The number of alkyl halides is 3. The summed E-state index contributed by atoms with van der Waals surface area (Å²) in [5.41, 5.74) is -0.596. The highest BCUT2D eigenvalue weighted by Gasteiger charge is 2.32. The van der Waals surface area contributed by atoms with Gasteiger partial charge in [0.1, 0.15) is 5.69 Å². The van der Waals surface area contributed by atoms with Crippen molar-refractivity contribution >= 4 is 0 Å². The first kappa shape index (κ1) is 10.6. The number of halogens is 3. The minimum Gasteiger partial charge on any atom is -0.334 e. The molecule has 2 aromatic rings. The molecule has 0 saturated carbocycles. The number of nitrogens with zero attached hydrogens (tertiary/aromatic N) is 3. The minimum atomic E-state index is -4.44. The maximum Gasteiger partial charge on any atom is 0.433 e. The Labute approximate surface area is 88.1 Å². The molecule has 0 aliphatic heterocycles. The van der Waals surface area contributed by atoms with Crippen molar-refractivity contribution in [1.29, 1.82) is 0 Å². The van der Waals surface area contributed by atoms with Gasteiger partial charge in [-0.2, -0.15) is 18.2 Å². The van der Waals surface area contributed by atoms with E-state index in [2.05, 4.69) is 15.1 Å². The van der Waals surface area contributed by atoms with Crippen LogP contribution in [0.1, 0.15) is 11.5 Å². The van der Waals surface area contributed by atoms with E-state index >= 15 is 0 Å². The molecule has 7 heteroatoms. The number of hydrogen-bond acceptors (Lipinski definition) is 4. The largest absolute Gasteiger partial charge is 0.433 e. The van der Waals surface area contributed by atoms with Gasteiger partial charge in [0, 0.05) is 6.20 Å². The van der Waals surface area contributed by atoms with E-state index in [1.165, 1.54) is 6.07 Å². The van der Waals surface area contributed by atoms with Gasteiger partial charge in [-0.15, -0.1) is 0 Å². The molecule has 0 amide bonds. The Kier molecular flexibility index (Phi) is 2.37. The van der Waals surface area contributed by atoms with Crippen LogP contribution >= 0.6 is 0 Å². The maximum atomic E-state index is 12.2. The fourth-order valence-electron chi connectivity index (χ4n) is 1.10. The van der Waals surface area contributed by atoms with Crippen LogP contribution in [0, 0.1) is 6.92 Å². The lowest BCUT2D eigenvalue weighted by atomic mass is 10.2. The van der Waals surface area contributed by atoms with Crippen molar-refractivity contribution in [2.75, 3.05) is 0 Å². The van der Waals surface area contributed by atoms with Crippen LogP contribution in [0.2, 0.25) is 0 Å². The highest BCUT2D eigenvalue weighted by atomic mass is 19.4. The topological polar surface area (TPSA) is 51.8 Å². The molecule has 16 heavy (non-hydrogen) atoms. The van der Waals surface area contributed by atoms with Crippen molar-refractivity contribution in [3.05, 3.63) is 29.8 Å². The van der Waals surface area contributed by atoms with E-state index < -0.39 is 11.9 Å². The predicted octanol–water partition coefficient (Wildman–Crippen LogP) is 2.46. The first-order valence-electron chi connectivity index (χ1n) is 4.31. The normalized spacial score (nSPS) is 11.8. The fourth-order valence-corrected chi connectivity index (χ4v) is 1.10. The van der Waals surface area contributed by atoms with Crippen molar-refractivity contribution in [3.8, 4) is 11.5 Å². The summed E-state index contributed by atoms with van der Waals surface area (Å²) in [4.78, 5) is 7.16. The van der Waals surface area contributed by atoms with Crippen molar-refractivity contribution in [2.45, 2.75) is 13.1 Å². The van der Waals surface area contributed by atoms with Gasteiger partial charge in [-0.05, 0) is 19.1 Å². The molecule has 0 spiro atoms. The van der Waals surface area contributed by atoms with Crippen LogP contribution in [-0.2, 0) is 6.18 Å². The van der Waals surface area contributed by atoms with Gasteiger partial charge in [-0.1, -0.05) is 5.16 Å². The van der Waals surface area contributed by atoms with Gasteiger partial charge in [-0.3, -0.25) is 4.98 Å². The van der Waals surface area contributed by atoms with Gasteiger partial charge in [0.2, 0.25) is 0 Å². The average molecular weight is 229 g/mol. The van der Waals surface area contributed by atoms with Crippen molar-refractivity contribution in [3.63, 3.8) is 0 Å². The van der Waals surface area contributed by atoms with E-state index in [0.717, 1.165) is 12.3 Å². The lowest BCUT2D eigenvalue weighted by Gasteiger charge is -2.04. The average Bonchev–Trinajstić information content (AvgIpc) is 2.64. The van der Waals surface area contributed by atoms with E-state index in [4.69, 9.17) is 4.52 Å². The summed E-state index contributed by atoms with van der Waals surface area (Å²) in [5.74, 6) is 0.564. The zero-order chi connectivity index (χ0) is 11.8. The quantitative estimate of drug-likeness (QED) is 0.753. The lowest BCUT2D eigenvalue weighted by molar-refractivity contribution is -0.141. The molecular weight excluding hydrogens is 223 g/mol. The van der Waals surface area contributed by atoms with Crippen molar-refractivity contribution in [1.82, 2.24) is 15.1 Å². The van der Waals surface area contributed by atoms with Crippen LogP contribution in [0.25, 0.3) is 11.5 Å². The highest BCUT2D eigenvalue weighted by molar-refractivity contribution is 5.51. The van der Waals surface area contributed by atoms with Crippen LogP contribution < -0.4 is 0 Å². The number of aromatic nitrogens is 3. The molecule has 2 heterocycles. The zero-order valence-electron chi connectivity index (χ0n) is 8.12. The Balaban J connectivity index is 2.33. The third-order valence-corrected chi connectivity index (χ3v) is 1.83. The van der Waals surface area contributed by atoms with Gasteiger partial charge in [-0.25, -0.2) is 0 Å². The molecule has 0 aliphatic carbocycles. The molecule has 0 unspecified atom stereocenters. The van der Waals surface area contributed by atoms with Crippen LogP contribution in [0.4, 0.5) is 13.2 Å². The molecule has 84 valence electrons. The van der Waals surface area contributed by atoms with E-state index in [1.54, 1.807) is 6.92 Å². The first-order chi connectivity index (χ1) is 7.47. The molecule has 0 aliphatic rings. The Bertz CT molecular complexity index is 489. The number of rotatable bonds is 1. The minimum absolute atomic E-state index is 0.152. The molecule has 0 bridgehead atoms. The standard InChI is InChI=1S/C9H6F3N3O/c1-5-14-8(16-15-5)6-2-3-7(13-4-6)9(10,11)12/h2-4H,1H3. The molecule has 0 saturated heterocycles. The predicted molar refractivity (Wildman–Crippen MR) is 47.3 cm³/mol. The van der Waals surface area contributed by atoms with Crippen LogP contribution in [0.15, 0.2) is 22.9 Å². The second-order valence-corrected chi connectivity index (χ2v) is 3.08. The Hall–Kier alpha value is -1.92. The summed E-state index contributed by atoms with van der Waals surface area (Å²) in [7, 11) is 0. The van der Waals surface area contributed by atoms with E-state index in [1.807, 2.05) is 0 Å². The SMILES string of the molecule is Cc1noc(-c2ccc(C(F)(F)F)nc2)n1. The molecule has 0 atom stereocenters. The maximum absolute atomic E-state index is 12.2. The summed E-state index contributed by atoms with van der Waals surface area (Å²) in [6.07, 6.45) is -3.39. The first-order valence-corrected chi connectivity index (χ1v) is 4.31. The number of pyridine rings is 1. The summed E-state index contributed by atoms with van der Waals surface area (Å²) < 4.78 is 41.4. The Morgan fingerprint density at radius 1 is 1.25 bits per heavy atom. The Morgan fingerprint density at radius 3 is 2.44 bits per heavy atom. The number of aryl methyl sites for hydroxylation is 1. The smallest absolute Gasteiger partial charge is 0.334 e. The molecular formula is C9H6F3N3O. The van der Waals surface area contributed by atoms with Crippen molar-refractivity contribution in [2.24, 2.45) is 0 Å². The van der Waals surface area contributed by atoms with Crippen LogP contribution in [0.5, 0.6) is 0 Å². The zero-order valence-corrected chi connectivity index (χ0v) is 8.12. The van der Waals surface area contributed by atoms with Crippen LogP contribution in [0.3, 0.4) is 0 Å². The molecule has 2 rings (SSSR count). The third-order valence-electron chi connectivity index (χ3n) is 1.83. The highest BCUT2D eigenvalue weighted by Crippen LogP contribution is 2.28. The summed E-state index contributed by atoms with van der Waals surface area (Å²) >= 11 is 0. The number of hydrogen-bond donors (Lipinski definition) is 0. The molecule has 4 nitrogen and oxygen atoms in total. The second kappa shape index (κ2) is 3.58.